The third-order valence-electron chi connectivity index (χ3n) is 2.91. The second-order valence-electron chi connectivity index (χ2n) is 3.59. The molecule has 0 atom stereocenters. The zero-order valence-corrected chi connectivity index (χ0v) is 10.1. The van der Waals surface area contributed by atoms with E-state index in [-0.39, 0.29) is 0 Å². The molecule has 1 saturated carbocycles. The molecule has 0 aromatic rings. The Labute approximate surface area is 86.4 Å². The van der Waals surface area contributed by atoms with Crippen molar-refractivity contribution in [2.24, 2.45) is 5.41 Å². The predicted molar refractivity (Wildman–Crippen MR) is 57.7 cm³/mol. The van der Waals surface area contributed by atoms with E-state index in [2.05, 4.69) is 31.9 Å². The summed E-state index contributed by atoms with van der Waals surface area (Å²) < 4.78 is 0. The first-order chi connectivity index (χ1) is 5.33. The van der Waals surface area contributed by atoms with Crippen LogP contribution < -0.4 is 0 Å². The minimum atomic E-state index is 0.701. The van der Waals surface area contributed by atoms with Crippen LogP contribution in [0.3, 0.4) is 0 Å². The smallest absolute Gasteiger partial charge is 0.00365 e. The molecule has 1 aliphatic carbocycles. The Hall–Kier alpha value is 0.960. The molecule has 0 amide bonds. The fourth-order valence-corrected chi connectivity index (χ4v) is 3.83. The maximum atomic E-state index is 3.55. The zero-order valence-electron chi connectivity index (χ0n) is 6.91. The van der Waals surface area contributed by atoms with Crippen molar-refractivity contribution >= 4 is 31.9 Å². The van der Waals surface area contributed by atoms with Gasteiger partial charge in [0.25, 0.3) is 0 Å². The highest BCUT2D eigenvalue weighted by Crippen LogP contribution is 2.44. The number of hydrogen-bond acceptors (Lipinski definition) is 0. The summed E-state index contributed by atoms with van der Waals surface area (Å²) in [5, 5.41) is 2.36. The molecule has 1 aliphatic rings. The van der Waals surface area contributed by atoms with Gasteiger partial charge < -0.3 is 0 Å². The second kappa shape index (κ2) is 4.86. The first kappa shape index (κ1) is 10.0. The minimum Gasteiger partial charge on any atom is -0.0928 e. The molecule has 0 saturated heterocycles. The standard InChI is InChI=1S/C9H16Br2/c10-7-5-9(6-8-11)3-1-2-4-9/h1-8H2. The van der Waals surface area contributed by atoms with Crippen LogP contribution >= 0.6 is 31.9 Å². The van der Waals surface area contributed by atoms with Crippen molar-refractivity contribution in [2.45, 2.75) is 38.5 Å². The van der Waals surface area contributed by atoms with Gasteiger partial charge in [0.1, 0.15) is 0 Å². The first-order valence-electron chi connectivity index (χ1n) is 4.45. The van der Waals surface area contributed by atoms with Crippen LogP contribution in [0.2, 0.25) is 0 Å². The van der Waals surface area contributed by atoms with Gasteiger partial charge in [-0.3, -0.25) is 0 Å². The monoisotopic (exact) mass is 282 g/mol. The van der Waals surface area contributed by atoms with E-state index in [4.69, 9.17) is 0 Å². The van der Waals surface area contributed by atoms with E-state index in [1.807, 2.05) is 0 Å². The van der Waals surface area contributed by atoms with E-state index in [1.54, 1.807) is 0 Å². The molecule has 0 aliphatic heterocycles. The molecular weight excluding hydrogens is 268 g/mol. The maximum Gasteiger partial charge on any atom is 0.00365 e. The summed E-state index contributed by atoms with van der Waals surface area (Å²) in [4.78, 5) is 0. The fraction of sp³-hybridized carbons (Fsp3) is 1.00. The van der Waals surface area contributed by atoms with Crippen molar-refractivity contribution in [3.63, 3.8) is 0 Å². The van der Waals surface area contributed by atoms with Crippen LogP contribution in [-0.4, -0.2) is 10.7 Å². The fourth-order valence-electron chi connectivity index (χ4n) is 2.15. The molecule has 0 radical (unpaired) electrons. The first-order valence-corrected chi connectivity index (χ1v) is 6.69. The lowest BCUT2D eigenvalue weighted by Gasteiger charge is -2.27. The van der Waals surface area contributed by atoms with Crippen molar-refractivity contribution in [1.29, 1.82) is 0 Å². The molecule has 0 N–H and O–H groups in total. The van der Waals surface area contributed by atoms with Crippen LogP contribution in [-0.2, 0) is 0 Å². The van der Waals surface area contributed by atoms with Crippen molar-refractivity contribution in [3.05, 3.63) is 0 Å². The molecule has 0 aromatic heterocycles. The Morgan fingerprint density at radius 2 is 1.36 bits per heavy atom. The van der Waals surface area contributed by atoms with Crippen molar-refractivity contribution in [3.8, 4) is 0 Å². The van der Waals surface area contributed by atoms with E-state index >= 15 is 0 Å². The summed E-state index contributed by atoms with van der Waals surface area (Å²) in [5.74, 6) is 0. The highest BCUT2D eigenvalue weighted by molar-refractivity contribution is 9.09. The predicted octanol–water partition coefficient (Wildman–Crippen LogP) is 4.12. The molecule has 66 valence electrons. The van der Waals surface area contributed by atoms with Gasteiger partial charge in [-0.1, -0.05) is 44.7 Å². The van der Waals surface area contributed by atoms with Gasteiger partial charge in [-0.2, -0.15) is 0 Å². The highest BCUT2D eigenvalue weighted by Gasteiger charge is 2.31. The molecule has 0 bridgehead atoms. The normalized spacial score (nSPS) is 22.4. The van der Waals surface area contributed by atoms with E-state index < -0.39 is 0 Å². The van der Waals surface area contributed by atoms with Crippen LogP contribution in [0.1, 0.15) is 38.5 Å². The van der Waals surface area contributed by atoms with Gasteiger partial charge in [0.2, 0.25) is 0 Å². The third kappa shape index (κ3) is 2.73. The Bertz CT molecular complexity index is 98.1. The van der Waals surface area contributed by atoms with Crippen LogP contribution in [0.15, 0.2) is 0 Å². The summed E-state index contributed by atoms with van der Waals surface area (Å²) in [6.45, 7) is 0. The van der Waals surface area contributed by atoms with E-state index in [1.165, 1.54) is 49.2 Å². The molecule has 0 nitrogen and oxygen atoms in total. The summed E-state index contributed by atoms with van der Waals surface area (Å²) in [7, 11) is 0. The van der Waals surface area contributed by atoms with Crippen LogP contribution in [0, 0.1) is 5.41 Å². The summed E-state index contributed by atoms with van der Waals surface area (Å²) in [6, 6.07) is 0. The average molecular weight is 284 g/mol. The Morgan fingerprint density at radius 3 is 1.73 bits per heavy atom. The summed E-state index contributed by atoms with van der Waals surface area (Å²) >= 11 is 7.10. The molecule has 0 heterocycles. The Kier molecular flexibility index (Phi) is 4.44. The molecule has 0 unspecified atom stereocenters. The maximum absolute atomic E-state index is 3.55. The van der Waals surface area contributed by atoms with Gasteiger partial charge in [0, 0.05) is 10.7 Å². The van der Waals surface area contributed by atoms with Crippen molar-refractivity contribution in [1.82, 2.24) is 0 Å². The molecule has 11 heavy (non-hydrogen) atoms. The van der Waals surface area contributed by atoms with Crippen molar-refractivity contribution in [2.75, 3.05) is 10.7 Å². The largest absolute Gasteiger partial charge is 0.0928 e. The van der Waals surface area contributed by atoms with Gasteiger partial charge in [0.05, 0.1) is 0 Å². The lowest BCUT2D eigenvalue weighted by Crippen LogP contribution is -2.17. The van der Waals surface area contributed by atoms with E-state index in [0.717, 1.165) is 0 Å². The van der Waals surface area contributed by atoms with Gasteiger partial charge >= 0.3 is 0 Å². The minimum absolute atomic E-state index is 0.701. The second-order valence-corrected chi connectivity index (χ2v) is 5.17. The number of alkyl halides is 2. The topological polar surface area (TPSA) is 0 Å². The molecular formula is C9H16Br2. The Morgan fingerprint density at radius 1 is 0.909 bits per heavy atom. The molecule has 0 aromatic carbocycles. The Balaban J connectivity index is 2.40. The number of rotatable bonds is 4. The SMILES string of the molecule is BrCCC1(CCBr)CCCC1. The van der Waals surface area contributed by atoms with Gasteiger partial charge in [-0.15, -0.1) is 0 Å². The number of hydrogen-bond donors (Lipinski definition) is 0. The zero-order chi connectivity index (χ0) is 8.16. The summed E-state index contributed by atoms with van der Waals surface area (Å²) in [5.41, 5.74) is 0.701. The molecule has 1 rings (SSSR count). The lowest BCUT2D eigenvalue weighted by molar-refractivity contribution is 0.279. The summed E-state index contributed by atoms with van der Waals surface area (Å²) in [6.07, 6.45) is 8.59. The van der Waals surface area contributed by atoms with Crippen LogP contribution in [0.5, 0.6) is 0 Å². The molecule has 2 heteroatoms. The lowest BCUT2D eigenvalue weighted by atomic mass is 9.81. The quantitative estimate of drug-likeness (QED) is 0.681. The molecule has 0 spiro atoms. The highest BCUT2D eigenvalue weighted by atomic mass is 79.9. The van der Waals surface area contributed by atoms with Crippen molar-refractivity contribution < 1.29 is 0 Å². The van der Waals surface area contributed by atoms with Crippen LogP contribution in [0.4, 0.5) is 0 Å². The van der Waals surface area contributed by atoms with Crippen LogP contribution in [0.25, 0.3) is 0 Å². The van der Waals surface area contributed by atoms with Gasteiger partial charge in [-0.05, 0) is 31.1 Å². The van der Waals surface area contributed by atoms with Gasteiger partial charge in [0.15, 0.2) is 0 Å². The third-order valence-corrected chi connectivity index (χ3v) is 3.71. The average Bonchev–Trinajstić information content (AvgIpc) is 2.39. The van der Waals surface area contributed by atoms with E-state index in [0.29, 0.717) is 5.41 Å². The molecule has 1 fully saturated rings. The van der Waals surface area contributed by atoms with Gasteiger partial charge in [-0.25, -0.2) is 0 Å². The van der Waals surface area contributed by atoms with E-state index in [9.17, 15) is 0 Å². The number of halogens is 2.